The minimum absolute atomic E-state index is 0.243. The van der Waals surface area contributed by atoms with Crippen molar-refractivity contribution in [1.82, 2.24) is 0 Å². The third kappa shape index (κ3) is 1.59. The Morgan fingerprint density at radius 1 is 1.36 bits per heavy atom. The van der Waals surface area contributed by atoms with Gasteiger partial charge in [-0.1, -0.05) is 38.1 Å². The first-order chi connectivity index (χ1) is 6.68. The average Bonchev–Trinajstić information content (AvgIpc) is 2.44. The van der Waals surface area contributed by atoms with Crippen molar-refractivity contribution in [2.45, 2.75) is 26.7 Å². The maximum Gasteiger partial charge on any atom is 0.166 e. The average molecular weight is 188 g/mol. The molecule has 1 aliphatic carbocycles. The van der Waals surface area contributed by atoms with E-state index in [0.717, 1.165) is 18.4 Å². The highest BCUT2D eigenvalue weighted by Gasteiger charge is 2.29. The number of Topliss-reactive ketones (excluding diaryl/α,β-unsaturated/α-hetero) is 1. The molecule has 2 rings (SSSR count). The summed E-state index contributed by atoms with van der Waals surface area (Å²) in [6, 6.07) is 8.00. The highest BCUT2D eigenvalue weighted by atomic mass is 16.1. The number of carbonyl (C=O) groups excluding carboxylic acids is 1. The molecule has 0 aliphatic heterocycles. The molecule has 0 saturated heterocycles. The monoisotopic (exact) mass is 188 g/mol. The molecule has 0 unspecified atom stereocenters. The third-order valence-electron chi connectivity index (χ3n) is 2.88. The van der Waals surface area contributed by atoms with Crippen molar-refractivity contribution >= 4 is 5.78 Å². The van der Waals surface area contributed by atoms with Crippen LogP contribution in [0.2, 0.25) is 0 Å². The van der Waals surface area contributed by atoms with Crippen LogP contribution in [0.25, 0.3) is 0 Å². The van der Waals surface area contributed by atoms with Crippen LogP contribution in [-0.2, 0) is 6.42 Å². The summed E-state index contributed by atoms with van der Waals surface area (Å²) >= 11 is 0. The highest BCUT2D eigenvalue weighted by Crippen LogP contribution is 2.30. The van der Waals surface area contributed by atoms with E-state index in [2.05, 4.69) is 19.9 Å². The first kappa shape index (κ1) is 9.45. The maximum atomic E-state index is 11.9. The van der Waals surface area contributed by atoms with E-state index in [1.54, 1.807) is 0 Å². The van der Waals surface area contributed by atoms with Crippen molar-refractivity contribution in [3.05, 3.63) is 35.4 Å². The zero-order valence-electron chi connectivity index (χ0n) is 8.79. The van der Waals surface area contributed by atoms with Gasteiger partial charge in [0.1, 0.15) is 0 Å². The van der Waals surface area contributed by atoms with E-state index in [4.69, 9.17) is 0 Å². The van der Waals surface area contributed by atoms with E-state index in [9.17, 15) is 4.79 Å². The summed E-state index contributed by atoms with van der Waals surface area (Å²) in [5.74, 6) is 1.21. The van der Waals surface area contributed by atoms with E-state index >= 15 is 0 Å². The molecule has 0 bridgehead atoms. The molecule has 1 atom stereocenters. The standard InChI is InChI=1S/C13H16O/c1-9(2)7-11-8-10-5-3-4-6-12(10)13(11)14/h3-6,9,11H,7-8H2,1-2H3/t11-/m1/s1. The molecule has 1 aromatic rings. The predicted octanol–water partition coefficient (Wildman–Crippen LogP) is 3.09. The second kappa shape index (κ2) is 3.56. The molecular formula is C13H16O. The van der Waals surface area contributed by atoms with Crippen LogP contribution in [-0.4, -0.2) is 5.78 Å². The number of fused-ring (bicyclic) bond motifs is 1. The molecule has 0 amide bonds. The second-order valence-corrected chi connectivity index (χ2v) is 4.55. The molecular weight excluding hydrogens is 172 g/mol. The van der Waals surface area contributed by atoms with Crippen molar-refractivity contribution in [3.8, 4) is 0 Å². The topological polar surface area (TPSA) is 17.1 Å². The van der Waals surface area contributed by atoms with Crippen molar-refractivity contribution in [2.24, 2.45) is 11.8 Å². The molecule has 14 heavy (non-hydrogen) atoms. The molecule has 0 spiro atoms. The van der Waals surface area contributed by atoms with Gasteiger partial charge in [0.2, 0.25) is 0 Å². The molecule has 0 fully saturated rings. The van der Waals surface area contributed by atoms with Crippen molar-refractivity contribution in [2.75, 3.05) is 0 Å². The van der Waals surface area contributed by atoms with Gasteiger partial charge < -0.3 is 0 Å². The summed E-state index contributed by atoms with van der Waals surface area (Å²) in [5.41, 5.74) is 2.20. The van der Waals surface area contributed by atoms with Crippen LogP contribution >= 0.6 is 0 Å². The summed E-state index contributed by atoms with van der Waals surface area (Å²) in [7, 11) is 0. The van der Waals surface area contributed by atoms with E-state index in [1.807, 2.05) is 18.2 Å². The number of rotatable bonds is 2. The Morgan fingerprint density at radius 3 is 2.71 bits per heavy atom. The van der Waals surface area contributed by atoms with Gasteiger partial charge in [0, 0.05) is 11.5 Å². The Kier molecular flexibility index (Phi) is 2.40. The summed E-state index contributed by atoms with van der Waals surface area (Å²) < 4.78 is 0. The van der Waals surface area contributed by atoms with E-state index in [1.165, 1.54) is 5.56 Å². The van der Waals surface area contributed by atoms with Gasteiger partial charge in [0.05, 0.1) is 0 Å². The first-order valence-corrected chi connectivity index (χ1v) is 5.30. The number of ketones is 1. The Morgan fingerprint density at radius 2 is 2.07 bits per heavy atom. The molecule has 1 aliphatic rings. The number of benzene rings is 1. The Labute approximate surface area is 85.1 Å². The van der Waals surface area contributed by atoms with E-state index < -0.39 is 0 Å². The van der Waals surface area contributed by atoms with Gasteiger partial charge in [0.15, 0.2) is 5.78 Å². The predicted molar refractivity (Wildman–Crippen MR) is 57.4 cm³/mol. The lowest BCUT2D eigenvalue weighted by atomic mass is 9.94. The molecule has 1 aromatic carbocycles. The van der Waals surface area contributed by atoms with Gasteiger partial charge in [-0.15, -0.1) is 0 Å². The van der Waals surface area contributed by atoms with Crippen LogP contribution in [0, 0.1) is 11.8 Å². The molecule has 1 nitrogen and oxygen atoms in total. The van der Waals surface area contributed by atoms with Crippen LogP contribution in [0.4, 0.5) is 0 Å². The number of hydrogen-bond donors (Lipinski definition) is 0. The SMILES string of the molecule is CC(C)C[C@@H]1Cc2ccccc2C1=O. The lowest BCUT2D eigenvalue weighted by molar-refractivity contribution is 0.0922. The molecule has 0 radical (unpaired) electrons. The maximum absolute atomic E-state index is 11.9. The first-order valence-electron chi connectivity index (χ1n) is 5.30. The van der Waals surface area contributed by atoms with Crippen LogP contribution in [0.5, 0.6) is 0 Å². The fourth-order valence-corrected chi connectivity index (χ4v) is 2.28. The van der Waals surface area contributed by atoms with Gasteiger partial charge in [-0.05, 0) is 24.3 Å². The fraction of sp³-hybridized carbons (Fsp3) is 0.462. The molecule has 74 valence electrons. The van der Waals surface area contributed by atoms with Gasteiger partial charge >= 0.3 is 0 Å². The molecule has 0 saturated carbocycles. The highest BCUT2D eigenvalue weighted by molar-refractivity contribution is 6.02. The second-order valence-electron chi connectivity index (χ2n) is 4.55. The van der Waals surface area contributed by atoms with Gasteiger partial charge in [-0.25, -0.2) is 0 Å². The molecule has 0 heterocycles. The van der Waals surface area contributed by atoms with Crippen molar-refractivity contribution in [3.63, 3.8) is 0 Å². The molecule has 0 aromatic heterocycles. The zero-order valence-corrected chi connectivity index (χ0v) is 8.79. The van der Waals surface area contributed by atoms with Crippen LogP contribution in [0.15, 0.2) is 24.3 Å². The minimum Gasteiger partial charge on any atom is -0.294 e. The summed E-state index contributed by atoms with van der Waals surface area (Å²) in [4.78, 5) is 11.9. The van der Waals surface area contributed by atoms with Crippen molar-refractivity contribution < 1.29 is 4.79 Å². The minimum atomic E-state index is 0.243. The van der Waals surface area contributed by atoms with Gasteiger partial charge in [0.25, 0.3) is 0 Å². The normalized spacial score (nSPS) is 20.2. The molecule has 0 N–H and O–H groups in total. The third-order valence-corrected chi connectivity index (χ3v) is 2.88. The van der Waals surface area contributed by atoms with Crippen LogP contribution < -0.4 is 0 Å². The smallest absolute Gasteiger partial charge is 0.166 e. The van der Waals surface area contributed by atoms with Crippen LogP contribution in [0.3, 0.4) is 0 Å². The van der Waals surface area contributed by atoms with Gasteiger partial charge in [-0.3, -0.25) is 4.79 Å². The largest absolute Gasteiger partial charge is 0.294 e. The van der Waals surface area contributed by atoms with E-state index in [0.29, 0.717) is 11.7 Å². The number of carbonyl (C=O) groups is 1. The fourth-order valence-electron chi connectivity index (χ4n) is 2.28. The quantitative estimate of drug-likeness (QED) is 0.697. The Balaban J connectivity index is 2.21. The number of hydrogen-bond acceptors (Lipinski definition) is 1. The summed E-state index contributed by atoms with van der Waals surface area (Å²) in [6.07, 6.45) is 1.97. The Hall–Kier alpha value is -1.11. The lowest BCUT2D eigenvalue weighted by Gasteiger charge is -2.09. The summed E-state index contributed by atoms with van der Waals surface area (Å²) in [6.45, 7) is 4.35. The lowest BCUT2D eigenvalue weighted by Crippen LogP contribution is -2.11. The van der Waals surface area contributed by atoms with E-state index in [-0.39, 0.29) is 5.92 Å². The zero-order chi connectivity index (χ0) is 10.1. The van der Waals surface area contributed by atoms with Crippen molar-refractivity contribution in [1.29, 1.82) is 0 Å². The van der Waals surface area contributed by atoms with Crippen LogP contribution in [0.1, 0.15) is 36.2 Å². The van der Waals surface area contributed by atoms with Gasteiger partial charge in [-0.2, -0.15) is 0 Å². The summed E-state index contributed by atoms with van der Waals surface area (Å²) in [5, 5.41) is 0. The Bertz CT molecular complexity index is 352. The molecule has 1 heteroatoms.